The Balaban J connectivity index is 2.20. The van der Waals surface area contributed by atoms with Crippen LogP contribution in [0.25, 0.3) is 0 Å². The molecule has 0 radical (unpaired) electrons. The molecule has 0 aromatic carbocycles. The SMILES string of the molecule is CCC1N([Si](C)(C)C)C(=O)C12CCC2. The predicted molar refractivity (Wildman–Crippen MR) is 60.6 cm³/mol. The minimum atomic E-state index is -1.41. The molecule has 1 aliphatic carbocycles. The van der Waals surface area contributed by atoms with Crippen LogP contribution in [0.1, 0.15) is 32.6 Å². The zero-order valence-electron chi connectivity index (χ0n) is 9.76. The van der Waals surface area contributed by atoms with Crippen molar-refractivity contribution >= 4 is 14.1 Å². The third-order valence-corrected chi connectivity index (χ3v) is 5.91. The van der Waals surface area contributed by atoms with Gasteiger partial charge in [0.2, 0.25) is 5.91 Å². The van der Waals surface area contributed by atoms with Gasteiger partial charge in [0.1, 0.15) is 0 Å². The summed E-state index contributed by atoms with van der Waals surface area (Å²) in [6, 6.07) is 0.579. The first kappa shape index (κ1) is 10.2. The first-order valence-corrected chi connectivity index (χ1v) is 9.22. The van der Waals surface area contributed by atoms with E-state index < -0.39 is 8.24 Å². The first-order chi connectivity index (χ1) is 6.43. The van der Waals surface area contributed by atoms with E-state index in [0.717, 1.165) is 19.3 Å². The van der Waals surface area contributed by atoms with Crippen LogP contribution < -0.4 is 0 Å². The smallest absolute Gasteiger partial charge is 0.223 e. The maximum Gasteiger partial charge on any atom is 0.223 e. The van der Waals surface area contributed by atoms with Crippen LogP contribution in [-0.2, 0) is 4.79 Å². The van der Waals surface area contributed by atoms with Crippen LogP contribution in [0.2, 0.25) is 19.6 Å². The minimum absolute atomic E-state index is 0.120. The Morgan fingerprint density at radius 1 is 1.43 bits per heavy atom. The molecule has 2 aliphatic rings. The molecule has 1 aliphatic heterocycles. The van der Waals surface area contributed by atoms with Crippen LogP contribution in [0.4, 0.5) is 0 Å². The van der Waals surface area contributed by atoms with Gasteiger partial charge in [-0.15, -0.1) is 0 Å². The van der Waals surface area contributed by atoms with Gasteiger partial charge >= 0.3 is 0 Å². The van der Waals surface area contributed by atoms with Crippen molar-refractivity contribution in [1.82, 2.24) is 4.57 Å². The van der Waals surface area contributed by atoms with Crippen molar-refractivity contribution in [2.45, 2.75) is 58.3 Å². The fraction of sp³-hybridized carbons (Fsp3) is 0.909. The van der Waals surface area contributed by atoms with Crippen molar-refractivity contribution in [3.05, 3.63) is 0 Å². The molecule has 1 unspecified atom stereocenters. The van der Waals surface area contributed by atoms with Crippen molar-refractivity contribution in [3.63, 3.8) is 0 Å². The van der Waals surface area contributed by atoms with E-state index in [4.69, 9.17) is 0 Å². The van der Waals surface area contributed by atoms with E-state index in [1.165, 1.54) is 6.42 Å². The zero-order chi connectivity index (χ0) is 10.6. The lowest BCUT2D eigenvalue weighted by Gasteiger charge is -2.64. The number of carbonyl (C=O) groups is 1. The molecule has 0 aromatic rings. The Morgan fingerprint density at radius 2 is 2.00 bits per heavy atom. The second kappa shape index (κ2) is 2.84. The van der Waals surface area contributed by atoms with Gasteiger partial charge in [0.05, 0.1) is 5.41 Å². The summed E-state index contributed by atoms with van der Waals surface area (Å²) in [6.07, 6.45) is 4.73. The highest BCUT2D eigenvalue weighted by Crippen LogP contribution is 2.56. The molecule has 80 valence electrons. The van der Waals surface area contributed by atoms with Gasteiger partial charge in [0.15, 0.2) is 8.24 Å². The molecule has 1 spiro atoms. The number of nitrogens with zero attached hydrogens (tertiary/aromatic N) is 1. The van der Waals surface area contributed by atoms with Crippen molar-refractivity contribution in [1.29, 1.82) is 0 Å². The van der Waals surface area contributed by atoms with E-state index in [9.17, 15) is 4.79 Å². The summed E-state index contributed by atoms with van der Waals surface area (Å²) in [4.78, 5) is 12.1. The van der Waals surface area contributed by atoms with E-state index >= 15 is 0 Å². The summed E-state index contributed by atoms with van der Waals surface area (Å²) < 4.78 is 2.24. The fourth-order valence-electron chi connectivity index (χ4n) is 3.16. The molecule has 0 N–H and O–H groups in total. The lowest BCUT2D eigenvalue weighted by molar-refractivity contribution is -0.173. The fourth-order valence-corrected chi connectivity index (χ4v) is 5.35. The lowest BCUT2D eigenvalue weighted by atomic mass is 9.58. The Morgan fingerprint density at radius 3 is 2.29 bits per heavy atom. The van der Waals surface area contributed by atoms with E-state index in [1.807, 2.05) is 0 Å². The number of β-lactam (4-membered cyclic amide) rings is 1. The quantitative estimate of drug-likeness (QED) is 0.508. The van der Waals surface area contributed by atoms with Gasteiger partial charge in [0, 0.05) is 6.04 Å². The summed E-state index contributed by atoms with van der Waals surface area (Å²) in [6.45, 7) is 9.06. The number of rotatable bonds is 2. The summed E-state index contributed by atoms with van der Waals surface area (Å²) in [5.74, 6) is 0.481. The lowest BCUT2D eigenvalue weighted by Crippen LogP contribution is -2.76. The predicted octanol–water partition coefficient (Wildman–Crippen LogP) is 2.61. The summed E-state index contributed by atoms with van der Waals surface area (Å²) >= 11 is 0. The van der Waals surface area contributed by atoms with E-state index in [1.54, 1.807) is 0 Å². The normalized spacial score (nSPS) is 30.1. The monoisotopic (exact) mass is 211 g/mol. The maximum absolute atomic E-state index is 12.1. The number of hydrogen-bond acceptors (Lipinski definition) is 1. The van der Waals surface area contributed by atoms with E-state index in [-0.39, 0.29) is 5.41 Å². The summed E-state index contributed by atoms with van der Waals surface area (Å²) in [5.41, 5.74) is 0.120. The Hall–Kier alpha value is -0.313. The highest BCUT2D eigenvalue weighted by Gasteiger charge is 2.64. The van der Waals surface area contributed by atoms with Crippen LogP contribution >= 0.6 is 0 Å². The van der Waals surface area contributed by atoms with Gasteiger partial charge in [-0.1, -0.05) is 33.0 Å². The average Bonchev–Trinajstić information content (AvgIpc) is 1.93. The number of amides is 1. The molecule has 0 bridgehead atoms. The molecule has 1 saturated carbocycles. The highest BCUT2D eigenvalue weighted by molar-refractivity contribution is 6.76. The largest absolute Gasteiger partial charge is 0.366 e. The van der Waals surface area contributed by atoms with E-state index in [0.29, 0.717) is 11.9 Å². The van der Waals surface area contributed by atoms with Crippen LogP contribution in [0, 0.1) is 5.41 Å². The van der Waals surface area contributed by atoms with Crippen LogP contribution in [0.5, 0.6) is 0 Å². The molecule has 1 heterocycles. The van der Waals surface area contributed by atoms with Crippen molar-refractivity contribution in [3.8, 4) is 0 Å². The standard InChI is InChI=1S/C11H21NOSi/c1-5-9-11(7-6-8-11)10(13)12(9)14(2,3)4/h9H,5-8H2,1-4H3. The summed E-state index contributed by atoms with van der Waals surface area (Å²) in [7, 11) is -1.41. The molecule has 1 atom stereocenters. The molecule has 3 heteroatoms. The molecule has 2 nitrogen and oxygen atoms in total. The molecule has 0 aromatic heterocycles. The minimum Gasteiger partial charge on any atom is -0.366 e. The summed E-state index contributed by atoms with van der Waals surface area (Å²) in [5, 5.41) is 0. The number of hydrogen-bond donors (Lipinski definition) is 0. The first-order valence-electron chi connectivity index (χ1n) is 5.77. The molecule has 14 heavy (non-hydrogen) atoms. The molecular formula is C11H21NOSi. The van der Waals surface area contributed by atoms with Gasteiger partial charge < -0.3 is 4.57 Å². The second-order valence-electron chi connectivity index (χ2n) is 5.78. The Bertz CT molecular complexity index is 265. The van der Waals surface area contributed by atoms with Crippen molar-refractivity contribution in [2.24, 2.45) is 5.41 Å². The van der Waals surface area contributed by atoms with Crippen molar-refractivity contribution in [2.75, 3.05) is 0 Å². The van der Waals surface area contributed by atoms with Gasteiger partial charge in [-0.2, -0.15) is 0 Å². The van der Waals surface area contributed by atoms with Crippen molar-refractivity contribution < 1.29 is 4.79 Å². The molecule has 2 rings (SSSR count). The third-order valence-electron chi connectivity index (χ3n) is 3.95. The van der Waals surface area contributed by atoms with Gasteiger partial charge in [-0.3, -0.25) is 4.79 Å². The number of carbonyl (C=O) groups excluding carboxylic acids is 1. The van der Waals surface area contributed by atoms with Gasteiger partial charge in [0.25, 0.3) is 0 Å². The molecule has 2 fully saturated rings. The van der Waals surface area contributed by atoms with E-state index in [2.05, 4.69) is 31.1 Å². The molecule has 1 saturated heterocycles. The van der Waals surface area contributed by atoms with Gasteiger partial charge in [-0.25, -0.2) is 0 Å². The zero-order valence-corrected chi connectivity index (χ0v) is 10.8. The van der Waals surface area contributed by atoms with Crippen LogP contribution in [0.3, 0.4) is 0 Å². The molecular weight excluding hydrogens is 190 g/mol. The molecule has 1 amide bonds. The highest BCUT2D eigenvalue weighted by atomic mass is 28.3. The Labute approximate surface area is 87.8 Å². The maximum atomic E-state index is 12.1. The average molecular weight is 211 g/mol. The Kier molecular flexibility index (Phi) is 2.07. The topological polar surface area (TPSA) is 20.3 Å². The second-order valence-corrected chi connectivity index (χ2v) is 10.6. The van der Waals surface area contributed by atoms with Crippen LogP contribution in [0.15, 0.2) is 0 Å². The third kappa shape index (κ3) is 1.05. The van der Waals surface area contributed by atoms with Gasteiger partial charge in [-0.05, 0) is 19.3 Å². The van der Waals surface area contributed by atoms with Crippen LogP contribution in [-0.4, -0.2) is 24.7 Å².